The van der Waals surface area contributed by atoms with E-state index in [0.717, 1.165) is 0 Å². The van der Waals surface area contributed by atoms with E-state index in [0.29, 0.717) is 17.4 Å². The molecule has 1 aliphatic heterocycles. The summed E-state index contributed by atoms with van der Waals surface area (Å²) in [6.45, 7) is 0. The molecule has 5 nitrogen and oxygen atoms in total. The van der Waals surface area contributed by atoms with Gasteiger partial charge in [-0.3, -0.25) is 4.99 Å². The maximum Gasteiger partial charge on any atom is 0.183 e. The van der Waals surface area contributed by atoms with Crippen LogP contribution in [0.15, 0.2) is 22.0 Å². The predicted octanol–water partition coefficient (Wildman–Crippen LogP) is 0.351. The molecular formula is C6H5N5S. The van der Waals surface area contributed by atoms with Gasteiger partial charge in [0.05, 0.1) is 6.21 Å². The van der Waals surface area contributed by atoms with E-state index >= 15 is 0 Å². The first-order valence-corrected chi connectivity index (χ1v) is 4.23. The highest BCUT2D eigenvalue weighted by Crippen LogP contribution is 2.08. The van der Waals surface area contributed by atoms with E-state index in [2.05, 4.69) is 24.3 Å². The summed E-state index contributed by atoms with van der Waals surface area (Å²) in [4.78, 5) is 15.6. The maximum atomic E-state index is 4.13. The second-order valence-corrected chi connectivity index (χ2v) is 2.71. The SMILES string of the molecule is C1=NCSN=C1c1ncncn1. The molecule has 0 fully saturated rings. The first kappa shape index (κ1) is 7.35. The molecule has 60 valence electrons. The molecule has 6 heteroatoms. The van der Waals surface area contributed by atoms with Gasteiger partial charge in [0, 0.05) is 0 Å². The molecule has 12 heavy (non-hydrogen) atoms. The Hall–Kier alpha value is -1.30. The average Bonchev–Trinajstić information content (AvgIpc) is 2.21. The van der Waals surface area contributed by atoms with Gasteiger partial charge in [-0.1, -0.05) is 0 Å². The van der Waals surface area contributed by atoms with Gasteiger partial charge in [-0.05, 0) is 11.9 Å². The van der Waals surface area contributed by atoms with Crippen LogP contribution in [0.3, 0.4) is 0 Å². The van der Waals surface area contributed by atoms with Crippen LogP contribution in [0.4, 0.5) is 0 Å². The van der Waals surface area contributed by atoms with Crippen LogP contribution < -0.4 is 0 Å². The van der Waals surface area contributed by atoms with Gasteiger partial charge < -0.3 is 0 Å². The third-order valence-electron chi connectivity index (χ3n) is 1.23. The van der Waals surface area contributed by atoms with Gasteiger partial charge >= 0.3 is 0 Å². The van der Waals surface area contributed by atoms with E-state index in [-0.39, 0.29) is 0 Å². The van der Waals surface area contributed by atoms with Crippen molar-refractivity contribution in [1.29, 1.82) is 0 Å². The number of hydrogen-bond donors (Lipinski definition) is 0. The fraction of sp³-hybridized carbons (Fsp3) is 0.167. The zero-order valence-corrected chi connectivity index (χ0v) is 6.90. The number of nitrogens with zero attached hydrogens (tertiary/aromatic N) is 5. The van der Waals surface area contributed by atoms with Crippen LogP contribution in [0.1, 0.15) is 5.82 Å². The van der Waals surface area contributed by atoms with E-state index in [1.54, 1.807) is 6.21 Å². The molecule has 0 radical (unpaired) electrons. The standard InChI is InChI=1S/C6H5N5S/c1-5(11-12-4-7-1)6-9-2-8-3-10-6/h1-3H,4H2. The van der Waals surface area contributed by atoms with Crippen LogP contribution in [0.5, 0.6) is 0 Å². The highest BCUT2D eigenvalue weighted by atomic mass is 32.2. The van der Waals surface area contributed by atoms with E-state index in [9.17, 15) is 0 Å². The molecule has 0 aromatic carbocycles. The lowest BCUT2D eigenvalue weighted by Crippen LogP contribution is -2.09. The summed E-state index contributed by atoms with van der Waals surface area (Å²) < 4.78 is 4.13. The van der Waals surface area contributed by atoms with Gasteiger partial charge in [0.1, 0.15) is 24.2 Å². The molecule has 1 aliphatic rings. The molecular weight excluding hydrogens is 174 g/mol. The van der Waals surface area contributed by atoms with Gasteiger partial charge in [-0.2, -0.15) is 0 Å². The van der Waals surface area contributed by atoms with Crippen molar-refractivity contribution in [2.45, 2.75) is 0 Å². The number of hydrogen-bond acceptors (Lipinski definition) is 6. The zero-order chi connectivity index (χ0) is 8.23. The van der Waals surface area contributed by atoms with Crippen LogP contribution in [0, 0.1) is 0 Å². The van der Waals surface area contributed by atoms with Crippen molar-refractivity contribution < 1.29 is 0 Å². The van der Waals surface area contributed by atoms with Crippen LogP contribution in [0.2, 0.25) is 0 Å². The van der Waals surface area contributed by atoms with E-state index < -0.39 is 0 Å². The van der Waals surface area contributed by atoms with Gasteiger partial charge in [0.25, 0.3) is 0 Å². The van der Waals surface area contributed by atoms with Crippen LogP contribution in [0.25, 0.3) is 0 Å². The Labute approximate surface area is 73.2 Å². The molecule has 1 aromatic rings. The Morgan fingerprint density at radius 1 is 1.25 bits per heavy atom. The predicted molar refractivity (Wildman–Crippen MR) is 47.3 cm³/mol. The van der Waals surface area contributed by atoms with Crippen molar-refractivity contribution in [3.05, 3.63) is 18.5 Å². The Kier molecular flexibility index (Phi) is 2.08. The Morgan fingerprint density at radius 2 is 2.08 bits per heavy atom. The van der Waals surface area contributed by atoms with Crippen LogP contribution >= 0.6 is 11.9 Å². The quantitative estimate of drug-likeness (QED) is 0.583. The normalized spacial score (nSPS) is 15.8. The van der Waals surface area contributed by atoms with Gasteiger partial charge in [-0.25, -0.2) is 19.3 Å². The lowest BCUT2D eigenvalue weighted by molar-refractivity contribution is 1.03. The number of rotatable bonds is 1. The molecule has 2 rings (SSSR count). The second kappa shape index (κ2) is 3.40. The molecule has 0 amide bonds. The molecule has 0 N–H and O–H groups in total. The van der Waals surface area contributed by atoms with Crippen molar-refractivity contribution >= 4 is 23.9 Å². The third kappa shape index (κ3) is 1.48. The highest BCUT2D eigenvalue weighted by molar-refractivity contribution is 7.98. The van der Waals surface area contributed by atoms with Crippen molar-refractivity contribution in [3.8, 4) is 0 Å². The minimum atomic E-state index is 0.570. The molecule has 1 aromatic heterocycles. The van der Waals surface area contributed by atoms with E-state index in [1.807, 2.05) is 0 Å². The fourth-order valence-corrected chi connectivity index (χ4v) is 1.22. The summed E-state index contributed by atoms with van der Waals surface area (Å²) in [7, 11) is 0. The lowest BCUT2D eigenvalue weighted by Gasteiger charge is -2.01. The first-order chi connectivity index (χ1) is 5.97. The summed E-state index contributed by atoms with van der Waals surface area (Å²) in [6, 6.07) is 0. The van der Waals surface area contributed by atoms with Gasteiger partial charge in [-0.15, -0.1) is 0 Å². The van der Waals surface area contributed by atoms with Crippen LogP contribution in [-0.4, -0.2) is 32.8 Å². The summed E-state index contributed by atoms with van der Waals surface area (Å²) in [5.74, 6) is 1.25. The third-order valence-corrected chi connectivity index (χ3v) is 1.82. The maximum absolute atomic E-state index is 4.13. The minimum Gasteiger partial charge on any atom is -0.278 e. The molecule has 0 atom stereocenters. The molecule has 0 spiro atoms. The molecule has 0 saturated heterocycles. The largest absolute Gasteiger partial charge is 0.278 e. The summed E-state index contributed by atoms with van der Waals surface area (Å²) in [5.41, 5.74) is 0.702. The van der Waals surface area contributed by atoms with E-state index in [1.165, 1.54) is 24.6 Å². The smallest absolute Gasteiger partial charge is 0.183 e. The molecule has 0 saturated carbocycles. The number of aliphatic imine (C=N–C) groups is 1. The summed E-state index contributed by atoms with van der Waals surface area (Å²) >= 11 is 1.39. The zero-order valence-electron chi connectivity index (χ0n) is 6.08. The molecule has 2 heterocycles. The molecule has 0 aliphatic carbocycles. The highest BCUT2D eigenvalue weighted by Gasteiger charge is 2.05. The Bertz CT molecular complexity index is 320. The van der Waals surface area contributed by atoms with Crippen molar-refractivity contribution in [3.63, 3.8) is 0 Å². The lowest BCUT2D eigenvalue weighted by atomic mass is 10.4. The minimum absolute atomic E-state index is 0.570. The average molecular weight is 179 g/mol. The Balaban J connectivity index is 2.31. The Morgan fingerprint density at radius 3 is 2.75 bits per heavy atom. The van der Waals surface area contributed by atoms with Crippen molar-refractivity contribution in [2.24, 2.45) is 9.39 Å². The number of aromatic nitrogens is 3. The monoisotopic (exact) mass is 179 g/mol. The molecule has 0 bridgehead atoms. The summed E-state index contributed by atoms with van der Waals surface area (Å²) in [5, 5.41) is 0. The first-order valence-electron chi connectivity index (χ1n) is 3.29. The summed E-state index contributed by atoms with van der Waals surface area (Å²) in [6.07, 6.45) is 4.56. The topological polar surface area (TPSA) is 63.4 Å². The van der Waals surface area contributed by atoms with E-state index in [4.69, 9.17) is 0 Å². The van der Waals surface area contributed by atoms with Gasteiger partial charge in [0.2, 0.25) is 0 Å². The molecule has 0 unspecified atom stereocenters. The van der Waals surface area contributed by atoms with Crippen molar-refractivity contribution in [2.75, 3.05) is 5.88 Å². The van der Waals surface area contributed by atoms with Crippen LogP contribution in [-0.2, 0) is 0 Å². The fourth-order valence-electron chi connectivity index (χ4n) is 0.749. The van der Waals surface area contributed by atoms with Crippen molar-refractivity contribution in [1.82, 2.24) is 15.0 Å². The van der Waals surface area contributed by atoms with Gasteiger partial charge in [0.15, 0.2) is 5.82 Å². The second-order valence-electron chi connectivity index (χ2n) is 2.01.